The zero-order valence-corrected chi connectivity index (χ0v) is 16.4. The SMILES string of the molecule is CCOc1ccccc1NC(=O)C(Sc1nncn1C1CC1)c1ccccc1. The van der Waals surface area contributed by atoms with E-state index in [9.17, 15) is 4.79 Å². The summed E-state index contributed by atoms with van der Waals surface area (Å²) in [6.07, 6.45) is 4.02. The Morgan fingerprint density at radius 1 is 1.21 bits per heavy atom. The summed E-state index contributed by atoms with van der Waals surface area (Å²) in [6, 6.07) is 17.7. The fraction of sp³-hybridized carbons (Fsp3) is 0.286. The highest BCUT2D eigenvalue weighted by Crippen LogP contribution is 2.41. The van der Waals surface area contributed by atoms with Gasteiger partial charge in [0.15, 0.2) is 5.16 Å². The molecule has 6 nitrogen and oxygen atoms in total. The van der Waals surface area contributed by atoms with Crippen molar-refractivity contribution in [2.24, 2.45) is 0 Å². The standard InChI is InChI=1S/C21H22N4O2S/c1-2-27-18-11-7-6-10-17(18)23-20(26)19(15-8-4-3-5-9-15)28-21-24-22-14-25(21)16-12-13-16/h3-11,14,16,19H,2,12-13H2,1H3,(H,23,26). The van der Waals surface area contributed by atoms with Crippen molar-refractivity contribution in [2.45, 2.75) is 36.2 Å². The quantitative estimate of drug-likeness (QED) is 0.570. The van der Waals surface area contributed by atoms with Crippen LogP contribution in [0.2, 0.25) is 0 Å². The predicted octanol–water partition coefficient (Wildman–Crippen LogP) is 4.48. The summed E-state index contributed by atoms with van der Waals surface area (Å²) in [4.78, 5) is 13.2. The largest absolute Gasteiger partial charge is 0.492 e. The molecule has 28 heavy (non-hydrogen) atoms. The van der Waals surface area contributed by atoms with E-state index in [1.165, 1.54) is 11.8 Å². The number of anilines is 1. The number of hydrogen-bond acceptors (Lipinski definition) is 5. The monoisotopic (exact) mass is 394 g/mol. The molecule has 4 rings (SSSR count). The molecule has 1 unspecified atom stereocenters. The van der Waals surface area contributed by atoms with Gasteiger partial charge in [0, 0.05) is 6.04 Å². The summed E-state index contributed by atoms with van der Waals surface area (Å²) in [5.41, 5.74) is 1.59. The fourth-order valence-corrected chi connectivity index (χ4v) is 4.06. The van der Waals surface area contributed by atoms with Crippen LogP contribution >= 0.6 is 11.8 Å². The molecule has 0 spiro atoms. The molecule has 3 aromatic rings. The van der Waals surface area contributed by atoms with Crippen LogP contribution in [-0.2, 0) is 4.79 Å². The lowest BCUT2D eigenvalue weighted by Gasteiger charge is -2.18. The van der Waals surface area contributed by atoms with E-state index in [2.05, 4.69) is 20.1 Å². The van der Waals surface area contributed by atoms with Gasteiger partial charge in [0.05, 0.1) is 12.3 Å². The van der Waals surface area contributed by atoms with Crippen LogP contribution in [0, 0.1) is 0 Å². The van der Waals surface area contributed by atoms with Crippen molar-refractivity contribution in [1.82, 2.24) is 14.8 Å². The summed E-state index contributed by atoms with van der Waals surface area (Å²) in [5, 5.41) is 11.7. The normalized spacial score (nSPS) is 14.5. The smallest absolute Gasteiger partial charge is 0.242 e. The summed E-state index contributed by atoms with van der Waals surface area (Å²) in [6.45, 7) is 2.46. The number of carbonyl (C=O) groups excluding carboxylic acids is 1. The minimum absolute atomic E-state index is 0.117. The van der Waals surface area contributed by atoms with Gasteiger partial charge in [-0.3, -0.25) is 4.79 Å². The second kappa shape index (κ2) is 8.48. The van der Waals surface area contributed by atoms with Gasteiger partial charge in [-0.05, 0) is 37.5 Å². The number of rotatable bonds is 8. The molecule has 1 atom stereocenters. The molecule has 0 aliphatic heterocycles. The van der Waals surface area contributed by atoms with Crippen LogP contribution in [0.4, 0.5) is 5.69 Å². The first-order valence-electron chi connectivity index (χ1n) is 9.40. The van der Waals surface area contributed by atoms with Gasteiger partial charge in [0.25, 0.3) is 0 Å². The molecule has 1 heterocycles. The van der Waals surface area contributed by atoms with Crippen molar-refractivity contribution >= 4 is 23.4 Å². The van der Waals surface area contributed by atoms with Gasteiger partial charge in [-0.2, -0.15) is 0 Å². The Balaban J connectivity index is 1.60. The van der Waals surface area contributed by atoms with Crippen molar-refractivity contribution in [2.75, 3.05) is 11.9 Å². The van der Waals surface area contributed by atoms with Crippen LogP contribution in [0.3, 0.4) is 0 Å². The Labute approximate surface area is 168 Å². The van der Waals surface area contributed by atoms with Gasteiger partial charge in [-0.15, -0.1) is 10.2 Å². The highest BCUT2D eigenvalue weighted by atomic mass is 32.2. The number of thioether (sulfide) groups is 1. The number of amides is 1. The van der Waals surface area contributed by atoms with E-state index in [0.29, 0.717) is 24.1 Å². The third-order valence-electron chi connectivity index (χ3n) is 4.49. The molecular weight excluding hydrogens is 372 g/mol. The number of carbonyl (C=O) groups is 1. The molecule has 0 bridgehead atoms. The van der Waals surface area contributed by atoms with E-state index in [-0.39, 0.29) is 5.91 Å². The van der Waals surface area contributed by atoms with Gasteiger partial charge >= 0.3 is 0 Å². The summed E-state index contributed by atoms with van der Waals surface area (Å²) >= 11 is 1.43. The first-order valence-corrected chi connectivity index (χ1v) is 10.3. The highest BCUT2D eigenvalue weighted by molar-refractivity contribution is 8.00. The molecule has 144 valence electrons. The lowest BCUT2D eigenvalue weighted by atomic mass is 10.1. The number of aromatic nitrogens is 3. The molecule has 1 aromatic heterocycles. The maximum absolute atomic E-state index is 13.2. The first-order chi connectivity index (χ1) is 13.8. The lowest BCUT2D eigenvalue weighted by Crippen LogP contribution is -2.20. The van der Waals surface area contributed by atoms with Crippen LogP contribution < -0.4 is 10.1 Å². The van der Waals surface area contributed by atoms with Gasteiger partial charge in [-0.25, -0.2) is 0 Å². The number of hydrogen-bond donors (Lipinski definition) is 1. The number of para-hydroxylation sites is 2. The molecule has 1 aliphatic rings. The average Bonchev–Trinajstić information content (AvgIpc) is 3.46. The fourth-order valence-electron chi connectivity index (χ4n) is 2.98. The van der Waals surface area contributed by atoms with Crippen LogP contribution in [-0.4, -0.2) is 27.3 Å². The Kier molecular flexibility index (Phi) is 5.62. The molecule has 1 saturated carbocycles. The molecule has 1 amide bonds. The van der Waals surface area contributed by atoms with Crippen molar-refractivity contribution < 1.29 is 9.53 Å². The number of nitrogens with one attached hydrogen (secondary N) is 1. The Morgan fingerprint density at radius 3 is 2.71 bits per heavy atom. The minimum Gasteiger partial charge on any atom is -0.492 e. The molecule has 7 heteroatoms. The summed E-state index contributed by atoms with van der Waals surface area (Å²) < 4.78 is 7.71. The summed E-state index contributed by atoms with van der Waals surface area (Å²) in [7, 11) is 0. The molecule has 1 N–H and O–H groups in total. The van der Waals surface area contributed by atoms with Crippen molar-refractivity contribution in [3.05, 3.63) is 66.5 Å². The van der Waals surface area contributed by atoms with E-state index < -0.39 is 5.25 Å². The molecule has 1 fully saturated rings. The van der Waals surface area contributed by atoms with Crippen LogP contribution in [0.1, 0.15) is 36.6 Å². The van der Waals surface area contributed by atoms with E-state index in [1.807, 2.05) is 61.5 Å². The van der Waals surface area contributed by atoms with Crippen molar-refractivity contribution in [3.8, 4) is 5.75 Å². The second-order valence-corrected chi connectivity index (χ2v) is 7.65. The molecule has 0 saturated heterocycles. The minimum atomic E-state index is -0.447. The van der Waals surface area contributed by atoms with E-state index in [1.54, 1.807) is 6.33 Å². The Bertz CT molecular complexity index is 940. The van der Waals surface area contributed by atoms with Gasteiger partial charge in [-0.1, -0.05) is 54.2 Å². The number of benzene rings is 2. The zero-order chi connectivity index (χ0) is 19.3. The summed E-state index contributed by atoms with van der Waals surface area (Å²) in [5.74, 6) is 0.546. The molecule has 0 radical (unpaired) electrons. The predicted molar refractivity (Wildman–Crippen MR) is 110 cm³/mol. The lowest BCUT2D eigenvalue weighted by molar-refractivity contribution is -0.115. The molecular formula is C21H22N4O2S. The third kappa shape index (κ3) is 4.20. The topological polar surface area (TPSA) is 69.0 Å². The maximum atomic E-state index is 13.2. The second-order valence-electron chi connectivity index (χ2n) is 6.58. The van der Waals surface area contributed by atoms with Gasteiger partial charge < -0.3 is 14.6 Å². The van der Waals surface area contributed by atoms with Gasteiger partial charge in [0.1, 0.15) is 17.3 Å². The van der Waals surface area contributed by atoms with Crippen LogP contribution in [0.25, 0.3) is 0 Å². The zero-order valence-electron chi connectivity index (χ0n) is 15.6. The Morgan fingerprint density at radius 2 is 1.96 bits per heavy atom. The van der Waals surface area contributed by atoms with Crippen molar-refractivity contribution in [3.63, 3.8) is 0 Å². The maximum Gasteiger partial charge on any atom is 0.242 e. The number of nitrogens with zero attached hydrogens (tertiary/aromatic N) is 3. The van der Waals surface area contributed by atoms with E-state index in [4.69, 9.17) is 4.74 Å². The van der Waals surface area contributed by atoms with Crippen molar-refractivity contribution in [1.29, 1.82) is 0 Å². The van der Waals surface area contributed by atoms with E-state index >= 15 is 0 Å². The third-order valence-corrected chi connectivity index (χ3v) is 5.71. The van der Waals surface area contributed by atoms with Crippen LogP contribution in [0.15, 0.2) is 66.1 Å². The highest BCUT2D eigenvalue weighted by Gasteiger charge is 2.30. The van der Waals surface area contributed by atoms with Gasteiger partial charge in [0.2, 0.25) is 5.91 Å². The van der Waals surface area contributed by atoms with Crippen LogP contribution in [0.5, 0.6) is 5.75 Å². The first kappa shape index (κ1) is 18.6. The van der Waals surface area contributed by atoms with E-state index in [0.717, 1.165) is 23.6 Å². The molecule has 2 aromatic carbocycles. The number of ether oxygens (including phenoxy) is 1. The average molecular weight is 395 g/mol. The molecule has 1 aliphatic carbocycles. The Hall–Kier alpha value is -2.80.